The molecule has 0 atom stereocenters. The van der Waals surface area contributed by atoms with E-state index in [0.717, 1.165) is 17.1 Å². The lowest BCUT2D eigenvalue weighted by molar-refractivity contribution is 1.24. The molecule has 0 aliphatic carbocycles. The summed E-state index contributed by atoms with van der Waals surface area (Å²) in [5, 5.41) is 0. The lowest BCUT2D eigenvalue weighted by atomic mass is 10.2. The van der Waals surface area contributed by atoms with Crippen LogP contribution >= 0.6 is 0 Å². The summed E-state index contributed by atoms with van der Waals surface area (Å²) >= 11 is 0. The first-order valence-electron chi connectivity index (χ1n) is 5.34. The number of hydrogen-bond acceptors (Lipinski definition) is 3. The zero-order valence-corrected chi connectivity index (χ0v) is 9.67. The largest absolute Gasteiger partial charge is 0.255 e. The fourth-order valence-corrected chi connectivity index (χ4v) is 1.43. The van der Waals surface area contributed by atoms with Crippen LogP contribution in [0.4, 0.5) is 0 Å². The molecule has 0 saturated carbocycles. The van der Waals surface area contributed by atoms with E-state index in [1.165, 1.54) is 0 Å². The number of aliphatic imine (C=N–C) groups is 1. The van der Waals surface area contributed by atoms with E-state index in [2.05, 4.69) is 21.5 Å². The quantitative estimate of drug-likeness (QED) is 0.750. The monoisotopic (exact) mass is 223 g/mol. The molecule has 0 aliphatic heterocycles. The van der Waals surface area contributed by atoms with Crippen LogP contribution in [0.25, 0.3) is 5.70 Å². The zero-order valence-electron chi connectivity index (χ0n) is 9.67. The Kier molecular flexibility index (Phi) is 3.40. The van der Waals surface area contributed by atoms with Crippen molar-refractivity contribution in [2.45, 2.75) is 6.92 Å². The third kappa shape index (κ3) is 2.84. The van der Waals surface area contributed by atoms with Gasteiger partial charge in [0.1, 0.15) is 0 Å². The van der Waals surface area contributed by atoms with Crippen LogP contribution in [-0.4, -0.2) is 15.7 Å². The van der Waals surface area contributed by atoms with Gasteiger partial charge in [-0.15, -0.1) is 0 Å². The molecule has 0 saturated heterocycles. The Morgan fingerprint density at radius 1 is 1.00 bits per heavy atom. The normalized spacial score (nSPS) is 11.2. The summed E-state index contributed by atoms with van der Waals surface area (Å²) in [5.74, 6) is 0. The summed E-state index contributed by atoms with van der Waals surface area (Å²) in [6.45, 7) is 5.83. The highest BCUT2D eigenvalue weighted by Gasteiger charge is 2.01. The van der Waals surface area contributed by atoms with Gasteiger partial charge < -0.3 is 0 Å². The maximum absolute atomic E-state index is 4.41. The van der Waals surface area contributed by atoms with Gasteiger partial charge in [-0.1, -0.05) is 18.7 Å². The Morgan fingerprint density at radius 3 is 2.12 bits per heavy atom. The van der Waals surface area contributed by atoms with Gasteiger partial charge in [0.25, 0.3) is 0 Å². The fraction of sp³-hybridized carbons (Fsp3) is 0.0714. The minimum absolute atomic E-state index is 0.647. The van der Waals surface area contributed by atoms with Crippen LogP contribution in [-0.2, 0) is 0 Å². The van der Waals surface area contributed by atoms with Crippen LogP contribution in [0.3, 0.4) is 0 Å². The van der Waals surface area contributed by atoms with Crippen molar-refractivity contribution in [3.05, 3.63) is 66.8 Å². The Morgan fingerprint density at radius 2 is 1.59 bits per heavy atom. The Balaban J connectivity index is 2.24. The molecule has 0 bridgehead atoms. The van der Waals surface area contributed by atoms with Crippen LogP contribution in [0.1, 0.15) is 18.3 Å². The van der Waals surface area contributed by atoms with E-state index in [1.807, 2.05) is 43.3 Å². The van der Waals surface area contributed by atoms with Crippen molar-refractivity contribution >= 4 is 11.4 Å². The lowest BCUT2D eigenvalue weighted by Gasteiger charge is -2.02. The van der Waals surface area contributed by atoms with Gasteiger partial charge in [0.15, 0.2) is 0 Å². The molecule has 0 unspecified atom stereocenters. The van der Waals surface area contributed by atoms with Gasteiger partial charge >= 0.3 is 0 Å². The zero-order chi connectivity index (χ0) is 12.1. The molecule has 3 heteroatoms. The summed E-state index contributed by atoms with van der Waals surface area (Å²) < 4.78 is 0. The third-order valence-electron chi connectivity index (χ3n) is 2.30. The van der Waals surface area contributed by atoms with E-state index in [1.54, 1.807) is 12.4 Å². The maximum Gasteiger partial charge on any atom is 0.0880 e. The second-order valence-corrected chi connectivity index (χ2v) is 3.57. The Hall–Kier alpha value is -2.29. The van der Waals surface area contributed by atoms with Crippen LogP contribution in [0.15, 0.2) is 60.4 Å². The number of aromatic nitrogens is 2. The molecule has 0 aliphatic rings. The van der Waals surface area contributed by atoms with Gasteiger partial charge in [-0.3, -0.25) is 9.97 Å². The summed E-state index contributed by atoms with van der Waals surface area (Å²) in [5.41, 5.74) is 3.11. The van der Waals surface area contributed by atoms with Crippen LogP contribution in [0.2, 0.25) is 0 Å². The van der Waals surface area contributed by atoms with Crippen molar-refractivity contribution in [1.82, 2.24) is 9.97 Å². The standard InChI is InChI=1S/C14H13N3/c1-11(13-7-3-5-9-15-13)17-12(2)14-8-4-6-10-16-14/h3-10H,1H2,2H3. The number of pyridine rings is 2. The summed E-state index contributed by atoms with van der Waals surface area (Å²) in [7, 11) is 0. The van der Waals surface area contributed by atoms with E-state index >= 15 is 0 Å². The molecule has 2 rings (SSSR count). The second kappa shape index (κ2) is 5.16. The highest BCUT2D eigenvalue weighted by atomic mass is 14.8. The van der Waals surface area contributed by atoms with Crippen molar-refractivity contribution in [3.63, 3.8) is 0 Å². The molecule has 2 aromatic heterocycles. The molecule has 2 heterocycles. The van der Waals surface area contributed by atoms with Crippen LogP contribution in [0.5, 0.6) is 0 Å². The van der Waals surface area contributed by atoms with Gasteiger partial charge in [0.2, 0.25) is 0 Å². The minimum Gasteiger partial charge on any atom is -0.255 e. The average Bonchev–Trinajstić information content (AvgIpc) is 2.40. The molecule has 0 N–H and O–H groups in total. The van der Waals surface area contributed by atoms with Gasteiger partial charge in [-0.2, -0.15) is 0 Å². The van der Waals surface area contributed by atoms with E-state index in [-0.39, 0.29) is 0 Å². The molecule has 0 amide bonds. The van der Waals surface area contributed by atoms with Crippen LogP contribution in [0, 0.1) is 0 Å². The van der Waals surface area contributed by atoms with Gasteiger partial charge in [0, 0.05) is 12.4 Å². The summed E-state index contributed by atoms with van der Waals surface area (Å²) in [4.78, 5) is 12.8. The molecule has 84 valence electrons. The fourth-order valence-electron chi connectivity index (χ4n) is 1.43. The van der Waals surface area contributed by atoms with Gasteiger partial charge in [0.05, 0.1) is 22.8 Å². The van der Waals surface area contributed by atoms with E-state index in [0.29, 0.717) is 5.70 Å². The summed E-state index contributed by atoms with van der Waals surface area (Å²) in [6, 6.07) is 11.4. The molecule has 0 aromatic carbocycles. The molecule has 0 radical (unpaired) electrons. The van der Waals surface area contributed by atoms with Crippen LogP contribution < -0.4 is 0 Å². The number of rotatable bonds is 3. The van der Waals surface area contributed by atoms with Crippen molar-refractivity contribution in [2.24, 2.45) is 4.99 Å². The topological polar surface area (TPSA) is 38.1 Å². The Bertz CT molecular complexity index is 530. The minimum atomic E-state index is 0.647. The average molecular weight is 223 g/mol. The smallest absolute Gasteiger partial charge is 0.0880 e. The molecule has 0 spiro atoms. The highest BCUT2D eigenvalue weighted by molar-refractivity contribution is 5.99. The second-order valence-electron chi connectivity index (χ2n) is 3.57. The molecule has 0 fully saturated rings. The van der Waals surface area contributed by atoms with Crippen molar-refractivity contribution in [2.75, 3.05) is 0 Å². The summed E-state index contributed by atoms with van der Waals surface area (Å²) in [6.07, 6.45) is 3.48. The van der Waals surface area contributed by atoms with Crippen molar-refractivity contribution in [3.8, 4) is 0 Å². The maximum atomic E-state index is 4.41. The van der Waals surface area contributed by atoms with E-state index in [9.17, 15) is 0 Å². The first-order chi connectivity index (χ1) is 8.27. The lowest BCUT2D eigenvalue weighted by Crippen LogP contribution is -1.98. The molecule has 3 nitrogen and oxygen atoms in total. The molecular weight excluding hydrogens is 210 g/mol. The van der Waals surface area contributed by atoms with Gasteiger partial charge in [-0.05, 0) is 31.2 Å². The van der Waals surface area contributed by atoms with Crippen molar-refractivity contribution in [1.29, 1.82) is 0 Å². The molecular formula is C14H13N3. The molecule has 17 heavy (non-hydrogen) atoms. The van der Waals surface area contributed by atoms with E-state index < -0.39 is 0 Å². The predicted molar refractivity (Wildman–Crippen MR) is 69.7 cm³/mol. The number of hydrogen-bond donors (Lipinski definition) is 0. The third-order valence-corrected chi connectivity index (χ3v) is 2.30. The number of nitrogens with zero attached hydrogens (tertiary/aromatic N) is 3. The van der Waals surface area contributed by atoms with E-state index in [4.69, 9.17) is 0 Å². The SMILES string of the molecule is C=C(N=C(C)c1ccccn1)c1ccccn1. The Labute approximate surface area is 101 Å². The first-order valence-corrected chi connectivity index (χ1v) is 5.34. The first kappa shape index (κ1) is 11.2. The highest BCUT2D eigenvalue weighted by Crippen LogP contribution is 2.11. The van der Waals surface area contributed by atoms with Crippen molar-refractivity contribution < 1.29 is 0 Å². The van der Waals surface area contributed by atoms with Gasteiger partial charge in [-0.25, -0.2) is 4.99 Å². The molecule has 2 aromatic rings. The predicted octanol–water partition coefficient (Wildman–Crippen LogP) is 2.96.